The molecule has 2 aromatic rings. The van der Waals surface area contributed by atoms with Crippen molar-refractivity contribution >= 4 is 18.4 Å². The minimum absolute atomic E-state index is 0.188. The van der Waals surface area contributed by atoms with E-state index < -0.39 is 8.07 Å². The molecule has 2 aromatic carbocycles. The summed E-state index contributed by atoms with van der Waals surface area (Å²) in [5, 5.41) is 3.15. The highest BCUT2D eigenvalue weighted by Crippen LogP contribution is 2.41. The van der Waals surface area contributed by atoms with E-state index in [4.69, 9.17) is 0 Å². The van der Waals surface area contributed by atoms with Gasteiger partial charge in [0.25, 0.3) is 0 Å². The van der Waals surface area contributed by atoms with Crippen molar-refractivity contribution in [2.45, 2.75) is 32.2 Å². The van der Waals surface area contributed by atoms with Gasteiger partial charge in [-0.2, -0.15) is 0 Å². The monoisotopic (exact) mass is 276 g/mol. The summed E-state index contributed by atoms with van der Waals surface area (Å²) >= 11 is 0. The highest BCUT2D eigenvalue weighted by Gasteiger charge is 2.60. The van der Waals surface area contributed by atoms with Crippen LogP contribution in [0.15, 0.2) is 54.6 Å². The van der Waals surface area contributed by atoms with Crippen LogP contribution in [0.2, 0.25) is 0 Å². The van der Waals surface area contributed by atoms with E-state index in [9.17, 15) is 0 Å². The molecule has 0 radical (unpaired) electrons. The Kier molecular flexibility index (Phi) is 3.07. The second kappa shape index (κ2) is 4.65. The lowest BCUT2D eigenvalue weighted by molar-refractivity contribution is 0.712. The molecule has 0 saturated heterocycles. The van der Waals surface area contributed by atoms with Gasteiger partial charge in [-0.3, -0.25) is 0 Å². The zero-order chi connectivity index (χ0) is 14.2. The number of rotatable bonds is 1. The quantitative estimate of drug-likeness (QED) is 0.555. The molecule has 0 N–H and O–H groups in total. The van der Waals surface area contributed by atoms with Crippen molar-refractivity contribution in [3.63, 3.8) is 0 Å². The zero-order valence-corrected chi connectivity index (χ0v) is 13.4. The molecule has 1 heteroatoms. The number of benzene rings is 2. The molecule has 1 unspecified atom stereocenters. The molecule has 0 bridgehead atoms. The Morgan fingerprint density at radius 3 is 2.30 bits per heavy atom. The average Bonchev–Trinajstić information content (AvgIpc) is 2.49. The fourth-order valence-electron chi connectivity index (χ4n) is 3.55. The van der Waals surface area contributed by atoms with Crippen LogP contribution in [0.4, 0.5) is 0 Å². The Balaban J connectivity index is 2.30. The van der Waals surface area contributed by atoms with Crippen molar-refractivity contribution in [2.75, 3.05) is 0 Å². The van der Waals surface area contributed by atoms with E-state index >= 15 is 0 Å². The van der Waals surface area contributed by atoms with Crippen molar-refractivity contribution in [2.24, 2.45) is 0 Å². The molecule has 1 aliphatic heterocycles. The van der Waals surface area contributed by atoms with Crippen molar-refractivity contribution in [3.05, 3.63) is 60.2 Å². The Labute approximate surface area is 122 Å². The zero-order valence-electron chi connectivity index (χ0n) is 12.4. The predicted molar refractivity (Wildman–Crippen MR) is 89.0 cm³/mol. The number of hydrogen-bond acceptors (Lipinski definition) is 0. The minimum atomic E-state index is -1.95. The summed E-state index contributed by atoms with van der Waals surface area (Å²) in [5.41, 5.74) is 5.22. The van der Waals surface area contributed by atoms with Gasteiger partial charge < -0.3 is 0 Å². The molecular formula is C19H20Si. The third kappa shape index (κ3) is 1.55. The smallest absolute Gasteiger partial charge is 0.119 e. The third-order valence-electron chi connectivity index (χ3n) is 4.60. The van der Waals surface area contributed by atoms with Crippen molar-refractivity contribution in [3.8, 4) is 11.5 Å². The Morgan fingerprint density at radius 1 is 0.950 bits per heavy atom. The first-order valence-corrected chi connectivity index (χ1v) is 9.30. The molecule has 3 rings (SSSR count). The topological polar surface area (TPSA) is 0 Å². The fraction of sp³-hybridized carbons (Fsp3) is 0.263. The lowest BCUT2D eigenvalue weighted by Crippen LogP contribution is -2.78. The molecule has 100 valence electrons. The van der Waals surface area contributed by atoms with Gasteiger partial charge in [-0.05, 0) is 15.9 Å². The standard InChI is InChI=1S/C19H20Si/c1-4-5-15-20(16-11-7-6-8-12-16)18-14-10-9-13-17(18)19(20,2)3/h6-14H,4H2,1-3H3. The van der Waals surface area contributed by atoms with Gasteiger partial charge >= 0.3 is 0 Å². The second-order valence-electron chi connectivity index (χ2n) is 5.94. The summed E-state index contributed by atoms with van der Waals surface area (Å²) < 4.78 is 0. The highest BCUT2D eigenvalue weighted by atomic mass is 28.3. The first kappa shape index (κ1) is 13.2. The van der Waals surface area contributed by atoms with E-state index in [-0.39, 0.29) is 5.04 Å². The van der Waals surface area contributed by atoms with Crippen molar-refractivity contribution < 1.29 is 0 Å². The number of hydrogen-bond donors (Lipinski definition) is 0. The van der Waals surface area contributed by atoms with Gasteiger partial charge in [-0.15, -0.1) is 11.5 Å². The number of fused-ring (bicyclic) bond motifs is 1. The maximum atomic E-state index is 3.73. The maximum absolute atomic E-state index is 3.73. The van der Waals surface area contributed by atoms with Crippen LogP contribution >= 0.6 is 0 Å². The lowest BCUT2D eigenvalue weighted by Gasteiger charge is -2.53. The van der Waals surface area contributed by atoms with Gasteiger partial charge in [-0.1, -0.05) is 75.4 Å². The second-order valence-corrected chi connectivity index (χ2v) is 10.1. The molecule has 0 saturated carbocycles. The Bertz CT molecular complexity index is 688. The van der Waals surface area contributed by atoms with E-state index in [2.05, 4.69) is 86.8 Å². The molecule has 0 fully saturated rings. The van der Waals surface area contributed by atoms with Gasteiger partial charge in [0, 0.05) is 11.5 Å². The summed E-state index contributed by atoms with van der Waals surface area (Å²) in [6.45, 7) is 6.88. The molecular weight excluding hydrogens is 256 g/mol. The van der Waals surface area contributed by atoms with E-state index in [1.807, 2.05) is 0 Å². The van der Waals surface area contributed by atoms with Crippen LogP contribution in [0.3, 0.4) is 0 Å². The highest BCUT2D eigenvalue weighted by molar-refractivity contribution is 7.13. The SMILES string of the molecule is CCC#C[Si]1(c2ccccc2)c2ccccc2C1(C)C. The third-order valence-corrected chi connectivity index (χ3v) is 9.74. The fourth-order valence-corrected chi connectivity index (χ4v) is 8.57. The van der Waals surface area contributed by atoms with Crippen molar-refractivity contribution in [1.29, 1.82) is 0 Å². The van der Waals surface area contributed by atoms with Gasteiger partial charge in [0.1, 0.15) is 0 Å². The summed E-state index contributed by atoms with van der Waals surface area (Å²) in [6, 6.07) is 19.8. The summed E-state index contributed by atoms with van der Waals surface area (Å²) in [4.78, 5) is 0. The molecule has 0 aliphatic carbocycles. The largest absolute Gasteiger partial charge is 0.209 e. The molecule has 0 nitrogen and oxygen atoms in total. The van der Waals surface area contributed by atoms with Crippen LogP contribution in [-0.4, -0.2) is 8.07 Å². The summed E-state index contributed by atoms with van der Waals surface area (Å²) in [7, 11) is -1.95. The van der Waals surface area contributed by atoms with E-state index in [0.29, 0.717) is 0 Å². The van der Waals surface area contributed by atoms with Crippen LogP contribution in [0.1, 0.15) is 32.8 Å². The molecule has 1 atom stereocenters. The van der Waals surface area contributed by atoms with Crippen LogP contribution < -0.4 is 10.4 Å². The van der Waals surface area contributed by atoms with Crippen LogP contribution in [-0.2, 0) is 5.04 Å². The maximum Gasteiger partial charge on any atom is 0.209 e. The lowest BCUT2D eigenvalue weighted by atomic mass is 10.00. The average molecular weight is 276 g/mol. The van der Waals surface area contributed by atoms with Gasteiger partial charge in [0.15, 0.2) is 0 Å². The van der Waals surface area contributed by atoms with Crippen LogP contribution in [0.25, 0.3) is 0 Å². The molecule has 0 aromatic heterocycles. The molecule has 20 heavy (non-hydrogen) atoms. The van der Waals surface area contributed by atoms with E-state index in [1.165, 1.54) is 15.9 Å². The molecule has 0 spiro atoms. The van der Waals surface area contributed by atoms with Gasteiger partial charge in [-0.25, -0.2) is 0 Å². The molecule has 1 heterocycles. The summed E-state index contributed by atoms with van der Waals surface area (Å²) in [6.07, 6.45) is 0.930. The molecule has 0 amide bonds. The normalized spacial score (nSPS) is 22.1. The van der Waals surface area contributed by atoms with Crippen molar-refractivity contribution in [1.82, 2.24) is 0 Å². The Hall–Kier alpha value is -1.78. The molecule has 1 aliphatic rings. The first-order chi connectivity index (χ1) is 9.64. The van der Waals surface area contributed by atoms with Crippen LogP contribution in [0, 0.1) is 11.5 Å². The van der Waals surface area contributed by atoms with E-state index in [0.717, 1.165) is 6.42 Å². The van der Waals surface area contributed by atoms with E-state index in [1.54, 1.807) is 0 Å². The Morgan fingerprint density at radius 2 is 1.60 bits per heavy atom. The first-order valence-electron chi connectivity index (χ1n) is 7.30. The van der Waals surface area contributed by atoms with Crippen LogP contribution in [0.5, 0.6) is 0 Å². The predicted octanol–water partition coefficient (Wildman–Crippen LogP) is 3.03. The van der Waals surface area contributed by atoms with Gasteiger partial charge in [0.05, 0.1) is 0 Å². The van der Waals surface area contributed by atoms with Gasteiger partial charge in [0.2, 0.25) is 8.07 Å². The minimum Gasteiger partial charge on any atom is -0.119 e. The summed E-state index contributed by atoms with van der Waals surface area (Å²) in [5.74, 6) is 3.40.